The van der Waals surface area contributed by atoms with Gasteiger partial charge >= 0.3 is 0 Å². The average molecular weight is 1100 g/mol. The van der Waals surface area contributed by atoms with Gasteiger partial charge in [0.1, 0.15) is 0 Å². The average Bonchev–Trinajstić information content (AvgIpc) is 2.07. The number of nitrogens with zero attached hydrogens (tertiary/aromatic N) is 1. The monoisotopic (exact) mass is 1100 g/mol. The molecule has 424 valence electrons. The SMILES string of the molecule is C#C/C=C\C(=C=C)c1ccc(C(=C)/C=C\C)cc1Cc1cc(-n2c3ccccc3c3ccccc32)ccc1C(=C)/C=C\C=C.C/C=C\C1=C(/C=C\C)C2C[C@@H](C=CC2C)C1.C=CC(=C)c1ccccc1N/C=C\C.C=CC/C=C\C=C/C(=C)C. The summed E-state index contributed by atoms with van der Waals surface area (Å²) in [7, 11) is 0. The summed E-state index contributed by atoms with van der Waals surface area (Å²) in [5.41, 5.74) is 21.9. The van der Waals surface area contributed by atoms with Crippen LogP contribution in [-0.4, -0.2) is 4.57 Å². The van der Waals surface area contributed by atoms with Crippen molar-refractivity contribution in [3.8, 4) is 18.0 Å². The van der Waals surface area contributed by atoms with Crippen molar-refractivity contribution in [2.75, 3.05) is 5.32 Å². The van der Waals surface area contributed by atoms with Crippen LogP contribution in [0.2, 0.25) is 0 Å². The smallest absolute Gasteiger partial charge is 0.0541 e. The second kappa shape index (κ2) is 34.6. The quantitative estimate of drug-likeness (QED) is 0.0349. The highest BCUT2D eigenvalue weighted by molar-refractivity contribution is 6.09. The molecule has 0 spiro atoms. The summed E-state index contributed by atoms with van der Waals surface area (Å²) < 4.78 is 2.34. The molecule has 2 nitrogen and oxygen atoms in total. The molecular formula is C82H86N2. The second-order valence-electron chi connectivity index (χ2n) is 20.6. The van der Waals surface area contributed by atoms with Gasteiger partial charge in [-0.1, -0.05) is 253 Å². The molecule has 0 amide bonds. The van der Waals surface area contributed by atoms with Crippen LogP contribution in [0.15, 0.2) is 312 Å². The number of terminal acetylenes is 1. The fourth-order valence-electron chi connectivity index (χ4n) is 10.4. The lowest BCUT2D eigenvalue weighted by Gasteiger charge is -2.37. The minimum absolute atomic E-state index is 0.641. The first-order chi connectivity index (χ1) is 40.8. The van der Waals surface area contributed by atoms with Crippen molar-refractivity contribution in [2.24, 2.45) is 17.8 Å². The van der Waals surface area contributed by atoms with Crippen molar-refractivity contribution in [1.82, 2.24) is 4.57 Å². The maximum absolute atomic E-state index is 5.56. The van der Waals surface area contributed by atoms with Crippen molar-refractivity contribution in [1.29, 1.82) is 0 Å². The zero-order valence-electron chi connectivity index (χ0n) is 50.8. The zero-order valence-corrected chi connectivity index (χ0v) is 50.8. The number of hydrogen-bond acceptors (Lipinski definition) is 1. The molecule has 0 fully saturated rings. The minimum Gasteiger partial charge on any atom is -0.362 e. The van der Waals surface area contributed by atoms with Crippen molar-refractivity contribution >= 4 is 49.8 Å². The third kappa shape index (κ3) is 18.2. The molecule has 1 heterocycles. The van der Waals surface area contributed by atoms with E-state index in [4.69, 9.17) is 6.42 Å². The van der Waals surface area contributed by atoms with E-state index < -0.39 is 0 Å². The molecule has 2 heteroatoms. The van der Waals surface area contributed by atoms with Gasteiger partial charge < -0.3 is 9.88 Å². The fraction of sp³-hybridized carbons (Fsp3) is 0.159. The first-order valence-corrected chi connectivity index (χ1v) is 29.0. The lowest BCUT2D eigenvalue weighted by molar-refractivity contribution is 0.351. The van der Waals surface area contributed by atoms with Gasteiger partial charge in [0, 0.05) is 33.3 Å². The van der Waals surface area contributed by atoms with Gasteiger partial charge in [-0.15, -0.1) is 18.7 Å². The summed E-state index contributed by atoms with van der Waals surface area (Å²) in [4.78, 5) is 0. The van der Waals surface area contributed by atoms with Gasteiger partial charge in [0.25, 0.3) is 0 Å². The van der Waals surface area contributed by atoms with Crippen molar-refractivity contribution in [3.05, 3.63) is 345 Å². The zero-order chi connectivity index (χ0) is 60.8. The molecule has 6 aromatic rings. The van der Waals surface area contributed by atoms with Crippen LogP contribution in [0.5, 0.6) is 0 Å². The van der Waals surface area contributed by atoms with E-state index in [0.717, 1.165) is 90.9 Å². The van der Waals surface area contributed by atoms with E-state index in [2.05, 4.69) is 216 Å². The highest BCUT2D eigenvalue weighted by atomic mass is 15.0. The Morgan fingerprint density at radius 2 is 1.36 bits per heavy atom. The molecule has 0 saturated heterocycles. The molecule has 0 radical (unpaired) electrons. The number of allylic oxidation sites excluding steroid dienone is 27. The first kappa shape index (κ1) is 65.2. The molecule has 3 atom stereocenters. The van der Waals surface area contributed by atoms with Crippen LogP contribution in [0.25, 0.3) is 49.8 Å². The minimum atomic E-state index is 0.641. The summed E-state index contributed by atoms with van der Waals surface area (Å²) >= 11 is 0. The Labute approximate surface area is 505 Å². The summed E-state index contributed by atoms with van der Waals surface area (Å²) in [6, 6.07) is 38.2. The van der Waals surface area contributed by atoms with Gasteiger partial charge in [-0.25, -0.2) is 0 Å². The number of para-hydroxylation sites is 3. The van der Waals surface area contributed by atoms with E-state index >= 15 is 0 Å². The summed E-state index contributed by atoms with van der Waals surface area (Å²) in [5, 5.41) is 5.64. The molecule has 2 bridgehead atoms. The van der Waals surface area contributed by atoms with Crippen LogP contribution in [0.1, 0.15) is 94.2 Å². The Kier molecular flexibility index (Phi) is 26.8. The third-order valence-corrected chi connectivity index (χ3v) is 14.5. The molecule has 5 aromatic carbocycles. The maximum Gasteiger partial charge on any atom is 0.0541 e. The molecule has 0 saturated carbocycles. The topological polar surface area (TPSA) is 17.0 Å². The third-order valence-electron chi connectivity index (χ3n) is 14.5. The summed E-state index contributed by atoms with van der Waals surface area (Å²) in [6.07, 6.45) is 52.3. The normalized spacial score (nSPS) is 15.5. The Morgan fingerprint density at radius 3 is 1.99 bits per heavy atom. The van der Waals surface area contributed by atoms with Gasteiger partial charge in [-0.2, -0.15) is 0 Å². The van der Waals surface area contributed by atoms with Crippen molar-refractivity contribution < 1.29 is 0 Å². The Hall–Kier alpha value is -9.64. The van der Waals surface area contributed by atoms with Gasteiger partial charge in [0.15, 0.2) is 0 Å². The van der Waals surface area contributed by atoms with Gasteiger partial charge in [-0.3, -0.25) is 0 Å². The van der Waals surface area contributed by atoms with E-state index in [0.29, 0.717) is 12.3 Å². The number of anilines is 1. The van der Waals surface area contributed by atoms with Gasteiger partial charge in [0.05, 0.1) is 11.0 Å². The van der Waals surface area contributed by atoms with E-state index in [1.54, 1.807) is 29.4 Å². The number of nitrogens with one attached hydrogen (secondary N) is 1. The Balaban J connectivity index is 0.000000260. The van der Waals surface area contributed by atoms with Crippen LogP contribution < -0.4 is 5.32 Å². The first-order valence-electron chi connectivity index (χ1n) is 29.0. The van der Waals surface area contributed by atoms with Gasteiger partial charge in [0.2, 0.25) is 0 Å². The van der Waals surface area contributed by atoms with E-state index in [1.807, 2.05) is 118 Å². The number of hydrogen-bond donors (Lipinski definition) is 1. The highest BCUT2D eigenvalue weighted by Gasteiger charge is 2.31. The second-order valence-corrected chi connectivity index (χ2v) is 20.6. The molecule has 0 aliphatic heterocycles. The Morgan fingerprint density at radius 1 is 0.679 bits per heavy atom. The van der Waals surface area contributed by atoms with Crippen LogP contribution in [0.3, 0.4) is 0 Å². The lowest BCUT2D eigenvalue weighted by Crippen LogP contribution is -2.25. The molecule has 1 N–H and O–H groups in total. The predicted molar refractivity (Wildman–Crippen MR) is 376 cm³/mol. The highest BCUT2D eigenvalue weighted by Crippen LogP contribution is 2.44. The van der Waals surface area contributed by atoms with Crippen LogP contribution in [0.4, 0.5) is 5.69 Å². The largest absolute Gasteiger partial charge is 0.362 e. The molecule has 1 aromatic heterocycles. The van der Waals surface area contributed by atoms with Crippen LogP contribution >= 0.6 is 0 Å². The molecular weight excluding hydrogens is 1010 g/mol. The van der Waals surface area contributed by atoms with E-state index in [-0.39, 0.29) is 0 Å². The van der Waals surface area contributed by atoms with E-state index in [1.165, 1.54) is 34.6 Å². The molecule has 2 unspecified atom stereocenters. The molecule has 84 heavy (non-hydrogen) atoms. The predicted octanol–water partition coefficient (Wildman–Crippen LogP) is 22.8. The molecule has 2 aliphatic rings. The van der Waals surface area contributed by atoms with Gasteiger partial charge in [-0.05, 0) is 182 Å². The Bertz CT molecular complexity index is 3700. The molecule has 2 aliphatic carbocycles. The summed E-state index contributed by atoms with van der Waals surface area (Å²) in [6.45, 7) is 44.0. The number of rotatable bonds is 20. The maximum atomic E-state index is 5.56. The van der Waals surface area contributed by atoms with Crippen molar-refractivity contribution in [3.63, 3.8) is 0 Å². The van der Waals surface area contributed by atoms with Crippen molar-refractivity contribution in [2.45, 2.75) is 67.2 Å². The number of fused-ring (bicyclic) bond motifs is 5. The van der Waals surface area contributed by atoms with Crippen LogP contribution in [0, 0.1) is 30.1 Å². The fourth-order valence-corrected chi connectivity index (χ4v) is 10.4. The molecule has 8 rings (SSSR count). The van der Waals surface area contributed by atoms with E-state index in [9.17, 15) is 0 Å². The standard InChI is InChI=1S/C43H35N.C16H22.C13H15N.C10H14/c1-7-11-18-32(6)38-27-25-37(44-42-22-15-13-20-40(42)41-21-14-16-23-43(41)44)30-36(38)29-35-28-34(31(5)17-9-3)24-26-39(35)33(10-4)19-12-8-2;1-4-6-14-10-13-9-8-12(3)16(11-13)15(14)7-5-2;1-4-10-14-13-9-7-6-8-12(13)11(3)5-2;1-4-5-6-7-8-9-10(2)3/h2,7,9,11-28,30H,1,4-6,29H2,3H3;4-9,12-13,16H,10-11H2,1-3H3;4-10,14H,2-3H2,1H3;4,6-9H,1-2,5H2,3H3/b17-9-,18-11-,19-12-;6-4-,7-5-;10-4-;7-6-,9-8-/t;12?,13-,16?;;/m.0../s1. The lowest BCUT2D eigenvalue weighted by atomic mass is 9.68. The summed E-state index contributed by atoms with van der Waals surface area (Å²) in [5.74, 6) is 4.81. The number of benzene rings is 5. The number of aromatic nitrogens is 1. The van der Waals surface area contributed by atoms with Crippen LogP contribution in [-0.2, 0) is 6.42 Å².